The average Bonchev–Trinajstić information content (AvgIpc) is 3.24. The standard InChI is InChI=1S/C17H20N2O4S2/c1-11-7-15(25(18,22)23)24-16(11)17(21)19(9-12-5-6-12)10-13-3-2-4-14(20)8-13/h2-4,7-8,12,20H,5-6,9-10H2,1H3,(H2,18,22,23). The van der Waals surface area contributed by atoms with E-state index < -0.39 is 10.0 Å². The summed E-state index contributed by atoms with van der Waals surface area (Å²) in [6, 6.07) is 8.24. The molecule has 0 saturated heterocycles. The molecule has 0 radical (unpaired) electrons. The Balaban J connectivity index is 1.88. The number of carbonyl (C=O) groups excluding carboxylic acids is 1. The van der Waals surface area contributed by atoms with Crippen molar-refractivity contribution in [3.63, 3.8) is 0 Å². The summed E-state index contributed by atoms with van der Waals surface area (Å²) in [4.78, 5) is 15.1. The van der Waals surface area contributed by atoms with Crippen LogP contribution in [-0.4, -0.2) is 30.9 Å². The van der Waals surface area contributed by atoms with Crippen LogP contribution in [0.25, 0.3) is 0 Å². The van der Waals surface area contributed by atoms with Crippen molar-refractivity contribution in [1.82, 2.24) is 4.90 Å². The van der Waals surface area contributed by atoms with Crippen LogP contribution in [0.1, 0.15) is 33.6 Å². The maximum absolute atomic E-state index is 13.0. The summed E-state index contributed by atoms with van der Waals surface area (Å²) in [5.41, 5.74) is 1.44. The van der Waals surface area contributed by atoms with Gasteiger partial charge in [0.1, 0.15) is 9.96 Å². The van der Waals surface area contributed by atoms with Crippen molar-refractivity contribution in [3.8, 4) is 5.75 Å². The summed E-state index contributed by atoms with van der Waals surface area (Å²) in [7, 11) is -3.82. The molecule has 1 saturated carbocycles. The van der Waals surface area contributed by atoms with Crippen LogP contribution in [-0.2, 0) is 16.6 Å². The molecule has 134 valence electrons. The van der Waals surface area contributed by atoms with Crippen molar-refractivity contribution < 1.29 is 18.3 Å². The number of rotatable bonds is 6. The summed E-state index contributed by atoms with van der Waals surface area (Å²) in [5.74, 6) is 0.437. The minimum atomic E-state index is -3.82. The molecule has 2 aromatic rings. The van der Waals surface area contributed by atoms with Gasteiger partial charge in [0.2, 0.25) is 10.0 Å². The van der Waals surface area contributed by atoms with Crippen LogP contribution < -0.4 is 5.14 Å². The van der Waals surface area contributed by atoms with Gasteiger partial charge in [-0.15, -0.1) is 11.3 Å². The molecule has 1 amide bonds. The highest BCUT2D eigenvalue weighted by molar-refractivity contribution is 7.91. The lowest BCUT2D eigenvalue weighted by molar-refractivity contribution is 0.0739. The van der Waals surface area contributed by atoms with Crippen LogP contribution in [0.15, 0.2) is 34.5 Å². The Labute approximate surface area is 150 Å². The van der Waals surface area contributed by atoms with Crippen molar-refractivity contribution in [3.05, 3.63) is 46.3 Å². The van der Waals surface area contributed by atoms with Gasteiger partial charge in [-0.3, -0.25) is 4.79 Å². The minimum absolute atomic E-state index is 0.00271. The highest BCUT2D eigenvalue weighted by Gasteiger charge is 2.29. The zero-order chi connectivity index (χ0) is 18.2. The Morgan fingerprint density at radius 1 is 1.36 bits per heavy atom. The highest BCUT2D eigenvalue weighted by Crippen LogP contribution is 2.32. The lowest BCUT2D eigenvalue weighted by Crippen LogP contribution is -2.32. The maximum atomic E-state index is 13.0. The van der Waals surface area contributed by atoms with Crippen LogP contribution in [0.2, 0.25) is 0 Å². The minimum Gasteiger partial charge on any atom is -0.508 e. The number of aryl methyl sites for hydroxylation is 1. The number of aromatic hydroxyl groups is 1. The number of carbonyl (C=O) groups is 1. The molecule has 1 heterocycles. The van der Waals surface area contributed by atoms with Crippen molar-refractivity contribution in [2.24, 2.45) is 11.1 Å². The predicted octanol–water partition coefficient (Wildman–Crippen LogP) is 2.46. The van der Waals surface area contributed by atoms with Gasteiger partial charge in [0.05, 0.1) is 4.88 Å². The van der Waals surface area contributed by atoms with Gasteiger partial charge in [0.15, 0.2) is 0 Å². The van der Waals surface area contributed by atoms with Crippen LogP contribution in [0.4, 0.5) is 0 Å². The average molecular weight is 380 g/mol. The van der Waals surface area contributed by atoms with E-state index in [1.54, 1.807) is 30.0 Å². The van der Waals surface area contributed by atoms with Gasteiger partial charge in [-0.05, 0) is 55.0 Å². The SMILES string of the molecule is Cc1cc(S(N)(=O)=O)sc1C(=O)N(Cc1cccc(O)c1)CC1CC1. The Hall–Kier alpha value is -1.90. The van der Waals surface area contributed by atoms with Gasteiger partial charge < -0.3 is 10.0 Å². The third-order valence-corrected chi connectivity index (χ3v) is 6.76. The molecule has 3 N–H and O–H groups in total. The van der Waals surface area contributed by atoms with E-state index in [9.17, 15) is 18.3 Å². The third kappa shape index (κ3) is 4.39. The zero-order valence-electron chi connectivity index (χ0n) is 13.8. The third-order valence-electron chi connectivity index (χ3n) is 4.12. The quantitative estimate of drug-likeness (QED) is 0.804. The van der Waals surface area contributed by atoms with Crippen LogP contribution >= 0.6 is 11.3 Å². The lowest BCUT2D eigenvalue weighted by Gasteiger charge is -2.22. The van der Waals surface area contributed by atoms with E-state index in [-0.39, 0.29) is 15.9 Å². The van der Waals surface area contributed by atoms with Gasteiger partial charge in [-0.2, -0.15) is 0 Å². The number of thiophene rings is 1. The Kier molecular flexibility index (Phi) is 4.86. The normalized spacial score (nSPS) is 14.5. The molecule has 1 aliphatic rings. The van der Waals surface area contributed by atoms with E-state index in [2.05, 4.69) is 0 Å². The molecule has 1 aromatic heterocycles. The van der Waals surface area contributed by atoms with E-state index in [0.717, 1.165) is 29.7 Å². The predicted molar refractivity (Wildman–Crippen MR) is 96.0 cm³/mol. The molecule has 0 aliphatic heterocycles. The summed E-state index contributed by atoms with van der Waals surface area (Å²) < 4.78 is 23.1. The van der Waals surface area contributed by atoms with Crippen molar-refractivity contribution >= 4 is 27.3 Å². The molecule has 0 unspecified atom stereocenters. The molecule has 0 spiro atoms. The van der Waals surface area contributed by atoms with E-state index in [1.807, 2.05) is 6.07 Å². The molecular formula is C17H20N2O4S2. The summed E-state index contributed by atoms with van der Waals surface area (Å²) >= 11 is 0.911. The van der Waals surface area contributed by atoms with Gasteiger partial charge in [-0.25, -0.2) is 13.6 Å². The molecule has 8 heteroatoms. The van der Waals surface area contributed by atoms with Crippen molar-refractivity contribution in [2.75, 3.05) is 6.54 Å². The number of phenols is 1. The number of sulfonamides is 1. The molecule has 1 aromatic carbocycles. The first-order chi connectivity index (χ1) is 11.7. The Morgan fingerprint density at radius 3 is 2.64 bits per heavy atom. The topological polar surface area (TPSA) is 101 Å². The number of phenolic OH excluding ortho intramolecular Hbond substituents is 1. The fourth-order valence-electron chi connectivity index (χ4n) is 2.66. The lowest BCUT2D eigenvalue weighted by atomic mass is 10.1. The van der Waals surface area contributed by atoms with Gasteiger partial charge >= 0.3 is 0 Å². The van der Waals surface area contributed by atoms with Gasteiger partial charge in [0.25, 0.3) is 5.91 Å². The van der Waals surface area contributed by atoms with Gasteiger partial charge in [0, 0.05) is 13.1 Å². The summed E-state index contributed by atoms with van der Waals surface area (Å²) in [6.07, 6.45) is 2.19. The Bertz CT molecular complexity index is 901. The Morgan fingerprint density at radius 2 is 2.08 bits per heavy atom. The van der Waals surface area contributed by atoms with Gasteiger partial charge in [-0.1, -0.05) is 12.1 Å². The van der Waals surface area contributed by atoms with Crippen molar-refractivity contribution in [1.29, 1.82) is 0 Å². The molecule has 3 rings (SSSR count). The highest BCUT2D eigenvalue weighted by atomic mass is 32.2. The number of hydrogen-bond donors (Lipinski definition) is 2. The number of primary sulfonamides is 1. The van der Waals surface area contributed by atoms with E-state index in [0.29, 0.717) is 29.4 Å². The molecular weight excluding hydrogens is 360 g/mol. The molecule has 6 nitrogen and oxygen atoms in total. The molecule has 0 atom stereocenters. The fourth-order valence-corrected chi connectivity index (χ4v) is 4.58. The number of hydrogen-bond acceptors (Lipinski definition) is 5. The van der Waals surface area contributed by atoms with Crippen molar-refractivity contribution in [2.45, 2.75) is 30.5 Å². The zero-order valence-corrected chi connectivity index (χ0v) is 15.4. The second-order valence-corrected chi connectivity index (χ2v) is 9.26. The first-order valence-corrected chi connectivity index (χ1v) is 10.3. The molecule has 25 heavy (non-hydrogen) atoms. The molecule has 1 fully saturated rings. The van der Waals surface area contributed by atoms with Crippen LogP contribution in [0.5, 0.6) is 5.75 Å². The number of nitrogens with zero attached hydrogens (tertiary/aromatic N) is 1. The molecule has 1 aliphatic carbocycles. The number of nitrogens with two attached hydrogens (primary N) is 1. The summed E-state index contributed by atoms with van der Waals surface area (Å²) in [6.45, 7) is 2.70. The van der Waals surface area contributed by atoms with E-state index >= 15 is 0 Å². The second kappa shape index (κ2) is 6.78. The first kappa shape index (κ1) is 17.9. The maximum Gasteiger partial charge on any atom is 0.264 e. The fraction of sp³-hybridized carbons (Fsp3) is 0.353. The number of amides is 1. The van der Waals surface area contributed by atoms with E-state index in [1.165, 1.54) is 6.07 Å². The smallest absolute Gasteiger partial charge is 0.264 e. The monoisotopic (exact) mass is 380 g/mol. The molecule has 0 bridgehead atoms. The van der Waals surface area contributed by atoms with E-state index in [4.69, 9.17) is 5.14 Å². The van der Waals surface area contributed by atoms with Crippen LogP contribution in [0.3, 0.4) is 0 Å². The number of benzene rings is 1. The summed E-state index contributed by atoms with van der Waals surface area (Å²) in [5, 5.41) is 14.8. The van der Waals surface area contributed by atoms with Crippen LogP contribution in [0, 0.1) is 12.8 Å². The largest absolute Gasteiger partial charge is 0.508 e. The second-order valence-electron chi connectivity index (χ2n) is 6.42. The first-order valence-electron chi connectivity index (χ1n) is 7.94.